The van der Waals surface area contributed by atoms with Crippen LogP contribution in [0.4, 0.5) is 9.52 Å². The number of anilines is 1. The first kappa shape index (κ1) is 12.5. The molecule has 17 heavy (non-hydrogen) atoms. The molecule has 0 saturated heterocycles. The molecule has 0 fully saturated rings. The van der Waals surface area contributed by atoms with Crippen LogP contribution in [0.25, 0.3) is 0 Å². The highest BCUT2D eigenvalue weighted by atomic mass is 79.9. The van der Waals surface area contributed by atoms with Gasteiger partial charge in [-0.3, -0.25) is 4.72 Å². The smallest absolute Gasteiger partial charge is 0.255 e. The number of benzene rings is 1. The van der Waals surface area contributed by atoms with Crippen molar-refractivity contribution in [1.82, 2.24) is 4.98 Å². The van der Waals surface area contributed by atoms with Crippen molar-refractivity contribution in [1.29, 1.82) is 0 Å². The third kappa shape index (κ3) is 2.82. The molecule has 1 aromatic heterocycles. The number of thiazole rings is 1. The average Bonchev–Trinajstić information content (AvgIpc) is 2.73. The minimum atomic E-state index is -3.94. The first-order chi connectivity index (χ1) is 7.99. The van der Waals surface area contributed by atoms with Crippen LogP contribution in [0.15, 0.2) is 39.1 Å². The van der Waals surface area contributed by atoms with E-state index in [1.807, 2.05) is 0 Å². The molecule has 8 heteroatoms. The number of hydrogen-bond donors (Lipinski definition) is 1. The van der Waals surface area contributed by atoms with Crippen LogP contribution in [0, 0.1) is 5.82 Å². The van der Waals surface area contributed by atoms with E-state index < -0.39 is 20.7 Å². The molecule has 2 rings (SSSR count). The largest absolute Gasteiger partial charge is 0.266 e. The van der Waals surface area contributed by atoms with Gasteiger partial charge in [0.2, 0.25) is 0 Å². The van der Waals surface area contributed by atoms with E-state index >= 15 is 0 Å². The lowest BCUT2D eigenvalue weighted by Crippen LogP contribution is -2.14. The molecule has 1 N–H and O–H groups in total. The molecule has 0 aliphatic carbocycles. The lowest BCUT2D eigenvalue weighted by Gasteiger charge is -2.06. The summed E-state index contributed by atoms with van der Waals surface area (Å²) >= 11 is 4.21. The average molecular weight is 337 g/mol. The van der Waals surface area contributed by atoms with Gasteiger partial charge in [-0.05, 0) is 18.2 Å². The van der Waals surface area contributed by atoms with Crippen molar-refractivity contribution in [2.24, 2.45) is 0 Å². The molecule has 0 aliphatic rings. The van der Waals surface area contributed by atoms with Gasteiger partial charge in [0.25, 0.3) is 10.0 Å². The molecular formula is C9H6BrFN2O2S2. The Morgan fingerprint density at radius 3 is 2.82 bits per heavy atom. The van der Waals surface area contributed by atoms with Crippen LogP contribution in [0.2, 0.25) is 0 Å². The molecule has 0 spiro atoms. The fourth-order valence-electron chi connectivity index (χ4n) is 1.13. The van der Waals surface area contributed by atoms with Crippen molar-refractivity contribution in [3.8, 4) is 0 Å². The van der Waals surface area contributed by atoms with Gasteiger partial charge in [0.1, 0.15) is 10.7 Å². The molecule has 4 nitrogen and oxygen atoms in total. The Morgan fingerprint density at radius 2 is 2.18 bits per heavy atom. The van der Waals surface area contributed by atoms with E-state index in [0.29, 0.717) is 4.47 Å². The summed E-state index contributed by atoms with van der Waals surface area (Å²) in [6, 6.07) is 3.71. The van der Waals surface area contributed by atoms with Gasteiger partial charge in [-0.2, -0.15) is 0 Å². The molecule has 0 saturated carbocycles. The summed E-state index contributed by atoms with van der Waals surface area (Å²) in [7, 11) is -3.94. The predicted molar refractivity (Wildman–Crippen MR) is 67.0 cm³/mol. The SMILES string of the molecule is O=S(=O)(Nc1nccs1)c1cc(Br)ccc1F. The monoisotopic (exact) mass is 336 g/mol. The summed E-state index contributed by atoms with van der Waals surface area (Å²) in [5.74, 6) is -0.808. The van der Waals surface area contributed by atoms with Crippen LogP contribution < -0.4 is 4.72 Å². The van der Waals surface area contributed by atoms with Crippen LogP contribution in [0.3, 0.4) is 0 Å². The molecule has 0 atom stereocenters. The van der Waals surface area contributed by atoms with Crippen LogP contribution in [0.5, 0.6) is 0 Å². The highest BCUT2D eigenvalue weighted by Gasteiger charge is 2.20. The molecule has 0 unspecified atom stereocenters. The summed E-state index contributed by atoms with van der Waals surface area (Å²) in [6.45, 7) is 0. The summed E-state index contributed by atoms with van der Waals surface area (Å²) in [6.07, 6.45) is 1.46. The van der Waals surface area contributed by atoms with Crippen LogP contribution in [-0.4, -0.2) is 13.4 Å². The number of nitrogens with zero attached hydrogens (tertiary/aromatic N) is 1. The lowest BCUT2D eigenvalue weighted by molar-refractivity contribution is 0.570. The quantitative estimate of drug-likeness (QED) is 0.937. The molecule has 2 aromatic rings. The second-order valence-corrected chi connectivity index (χ2v) is 6.48. The molecule has 0 aliphatic heterocycles. The second kappa shape index (κ2) is 4.71. The number of hydrogen-bond acceptors (Lipinski definition) is 4. The van der Waals surface area contributed by atoms with Crippen molar-refractivity contribution in [3.05, 3.63) is 40.1 Å². The fraction of sp³-hybridized carbons (Fsp3) is 0. The van der Waals surface area contributed by atoms with Crippen LogP contribution in [0.1, 0.15) is 0 Å². The van der Waals surface area contributed by atoms with Gasteiger partial charge in [-0.25, -0.2) is 17.8 Å². The summed E-state index contributed by atoms with van der Waals surface area (Å²) in [4.78, 5) is 3.36. The van der Waals surface area contributed by atoms with Crippen molar-refractivity contribution in [2.45, 2.75) is 4.90 Å². The standard InChI is InChI=1S/C9H6BrFN2O2S2/c10-6-1-2-7(11)8(5-6)17(14,15)13-9-12-3-4-16-9/h1-5H,(H,12,13). The molecule has 0 radical (unpaired) electrons. The lowest BCUT2D eigenvalue weighted by atomic mass is 10.3. The molecule has 0 bridgehead atoms. The van der Waals surface area contributed by atoms with Gasteiger partial charge in [0.05, 0.1) is 0 Å². The number of aromatic nitrogens is 1. The van der Waals surface area contributed by atoms with E-state index in [-0.39, 0.29) is 5.13 Å². The van der Waals surface area contributed by atoms with E-state index in [1.54, 1.807) is 5.38 Å². The van der Waals surface area contributed by atoms with Crippen LogP contribution in [-0.2, 0) is 10.0 Å². The third-order valence-electron chi connectivity index (χ3n) is 1.84. The van der Waals surface area contributed by atoms with E-state index in [9.17, 15) is 12.8 Å². The zero-order valence-corrected chi connectivity index (χ0v) is 11.4. The number of halogens is 2. The Labute approximate surface area is 110 Å². The number of rotatable bonds is 3. The first-order valence-electron chi connectivity index (χ1n) is 4.36. The van der Waals surface area contributed by atoms with Crippen molar-refractivity contribution >= 4 is 42.4 Å². The zero-order chi connectivity index (χ0) is 12.5. The van der Waals surface area contributed by atoms with Crippen LogP contribution >= 0.6 is 27.3 Å². The number of nitrogens with one attached hydrogen (secondary N) is 1. The predicted octanol–water partition coefficient (Wildman–Crippen LogP) is 2.85. The van der Waals surface area contributed by atoms with Gasteiger partial charge in [-0.15, -0.1) is 11.3 Å². The van der Waals surface area contributed by atoms with E-state index in [4.69, 9.17) is 0 Å². The van der Waals surface area contributed by atoms with Gasteiger partial charge in [0, 0.05) is 16.0 Å². The van der Waals surface area contributed by atoms with Gasteiger partial charge in [0.15, 0.2) is 5.13 Å². The normalized spacial score (nSPS) is 11.4. The minimum absolute atomic E-state index is 0.198. The molecule has 1 aromatic carbocycles. The Morgan fingerprint density at radius 1 is 1.41 bits per heavy atom. The molecular weight excluding hydrogens is 331 g/mol. The van der Waals surface area contributed by atoms with Gasteiger partial charge < -0.3 is 0 Å². The zero-order valence-electron chi connectivity index (χ0n) is 8.22. The Kier molecular flexibility index (Phi) is 3.45. The Hall–Kier alpha value is -0.990. The summed E-state index contributed by atoms with van der Waals surface area (Å²) in [5, 5.41) is 1.82. The fourth-order valence-corrected chi connectivity index (χ4v) is 3.53. The molecule has 0 amide bonds. The minimum Gasteiger partial charge on any atom is -0.255 e. The highest BCUT2D eigenvalue weighted by Crippen LogP contribution is 2.23. The third-order valence-corrected chi connectivity index (χ3v) is 4.50. The summed E-state index contributed by atoms with van der Waals surface area (Å²) in [5.41, 5.74) is 0. The molecule has 1 heterocycles. The van der Waals surface area contributed by atoms with E-state index in [2.05, 4.69) is 25.6 Å². The van der Waals surface area contributed by atoms with Gasteiger partial charge in [-0.1, -0.05) is 15.9 Å². The second-order valence-electron chi connectivity index (χ2n) is 3.02. The number of sulfonamides is 1. The van der Waals surface area contributed by atoms with Crippen molar-refractivity contribution < 1.29 is 12.8 Å². The topological polar surface area (TPSA) is 59.1 Å². The Balaban J connectivity index is 2.41. The highest BCUT2D eigenvalue weighted by molar-refractivity contribution is 9.10. The maximum absolute atomic E-state index is 13.4. The molecule has 90 valence electrons. The maximum Gasteiger partial charge on any atom is 0.266 e. The van der Waals surface area contributed by atoms with Crippen molar-refractivity contribution in [2.75, 3.05) is 4.72 Å². The van der Waals surface area contributed by atoms with E-state index in [0.717, 1.165) is 17.4 Å². The summed E-state index contributed by atoms with van der Waals surface area (Å²) < 4.78 is 39.9. The van der Waals surface area contributed by atoms with Crippen molar-refractivity contribution in [3.63, 3.8) is 0 Å². The first-order valence-corrected chi connectivity index (χ1v) is 7.52. The maximum atomic E-state index is 13.4. The Bertz CT molecular complexity index is 628. The van der Waals surface area contributed by atoms with E-state index in [1.165, 1.54) is 18.3 Å². The van der Waals surface area contributed by atoms with Gasteiger partial charge >= 0.3 is 0 Å².